The van der Waals surface area contributed by atoms with E-state index in [9.17, 15) is 4.79 Å². The van der Waals surface area contributed by atoms with Crippen molar-refractivity contribution in [2.24, 2.45) is 5.41 Å². The molecule has 2 nitrogen and oxygen atoms in total. The Morgan fingerprint density at radius 2 is 2.11 bits per heavy atom. The monoisotopic (exact) mass is 371 g/mol. The van der Waals surface area contributed by atoms with Gasteiger partial charge in [0.2, 0.25) is 0 Å². The molecule has 1 N–H and O–H groups in total. The van der Waals surface area contributed by atoms with Crippen LogP contribution in [-0.4, -0.2) is 11.9 Å². The lowest BCUT2D eigenvalue weighted by atomic mass is 9.73. The first-order valence-corrected chi connectivity index (χ1v) is 8.06. The first-order valence-electron chi connectivity index (χ1n) is 6.98. The van der Waals surface area contributed by atoms with E-state index < -0.39 is 0 Å². The molecule has 1 fully saturated rings. The molecule has 3 heteroatoms. The zero-order valence-electron chi connectivity index (χ0n) is 11.9. The van der Waals surface area contributed by atoms with Gasteiger partial charge >= 0.3 is 0 Å². The third-order valence-electron chi connectivity index (χ3n) is 4.25. The summed E-state index contributed by atoms with van der Waals surface area (Å²) in [7, 11) is 0. The van der Waals surface area contributed by atoms with Crippen molar-refractivity contribution < 1.29 is 4.79 Å². The molecule has 0 heterocycles. The molecule has 0 aliphatic heterocycles. The fourth-order valence-corrected chi connectivity index (χ4v) is 3.42. The minimum Gasteiger partial charge on any atom is -0.349 e. The minimum atomic E-state index is 0.0769. The maximum atomic E-state index is 12.5. The number of hydrogen-bond donors (Lipinski definition) is 1. The predicted octanol–water partition coefficient (Wildman–Crippen LogP) is 4.30. The number of halogens is 1. The molecule has 0 spiro atoms. The molecule has 1 aliphatic rings. The van der Waals surface area contributed by atoms with Gasteiger partial charge in [-0.2, -0.15) is 0 Å². The van der Waals surface area contributed by atoms with Gasteiger partial charge in [0.25, 0.3) is 5.91 Å². The molecule has 1 aromatic rings. The molecule has 104 valence electrons. The normalized spacial score (nSPS) is 22.0. The van der Waals surface area contributed by atoms with Crippen LogP contribution in [0.2, 0.25) is 0 Å². The molecular formula is C16H22INO. The summed E-state index contributed by atoms with van der Waals surface area (Å²) in [6, 6.07) is 6.21. The maximum absolute atomic E-state index is 12.5. The fraction of sp³-hybridized carbons (Fsp3) is 0.562. The largest absolute Gasteiger partial charge is 0.349 e. The van der Waals surface area contributed by atoms with E-state index in [2.05, 4.69) is 41.8 Å². The van der Waals surface area contributed by atoms with Crippen molar-refractivity contribution >= 4 is 28.5 Å². The van der Waals surface area contributed by atoms with Crippen LogP contribution in [0.15, 0.2) is 18.2 Å². The Morgan fingerprint density at radius 3 is 2.79 bits per heavy atom. The van der Waals surface area contributed by atoms with Crippen molar-refractivity contribution in [2.45, 2.75) is 52.5 Å². The van der Waals surface area contributed by atoms with Gasteiger partial charge < -0.3 is 5.32 Å². The van der Waals surface area contributed by atoms with E-state index in [-0.39, 0.29) is 11.3 Å². The summed E-state index contributed by atoms with van der Waals surface area (Å²) in [4.78, 5) is 12.5. The number of amides is 1. The lowest BCUT2D eigenvalue weighted by Gasteiger charge is -2.39. The first kappa shape index (κ1) is 14.8. The van der Waals surface area contributed by atoms with Crippen LogP contribution < -0.4 is 5.32 Å². The smallest absolute Gasteiger partial charge is 0.252 e. The van der Waals surface area contributed by atoms with Crippen LogP contribution in [0.3, 0.4) is 0 Å². The first-order chi connectivity index (χ1) is 8.92. The van der Waals surface area contributed by atoms with E-state index in [4.69, 9.17) is 0 Å². The molecule has 1 amide bonds. The van der Waals surface area contributed by atoms with E-state index in [1.165, 1.54) is 19.3 Å². The van der Waals surface area contributed by atoms with Gasteiger partial charge in [-0.3, -0.25) is 4.79 Å². The summed E-state index contributed by atoms with van der Waals surface area (Å²) >= 11 is 2.26. The molecule has 1 saturated carbocycles. The van der Waals surface area contributed by atoms with Crippen LogP contribution in [0, 0.1) is 15.9 Å². The molecule has 1 unspecified atom stereocenters. The number of aryl methyl sites for hydroxylation is 1. The molecule has 0 aromatic heterocycles. The molecule has 19 heavy (non-hydrogen) atoms. The van der Waals surface area contributed by atoms with Crippen LogP contribution >= 0.6 is 22.6 Å². The fourth-order valence-electron chi connectivity index (χ4n) is 2.82. The molecule has 2 rings (SSSR count). The predicted molar refractivity (Wildman–Crippen MR) is 87.4 cm³/mol. The zero-order chi connectivity index (χ0) is 14.0. The van der Waals surface area contributed by atoms with Crippen molar-refractivity contribution in [1.29, 1.82) is 0 Å². The van der Waals surface area contributed by atoms with E-state index >= 15 is 0 Å². The van der Waals surface area contributed by atoms with Gasteiger partial charge in [0, 0.05) is 9.61 Å². The Labute approximate surface area is 129 Å². The Balaban J connectivity index is 2.15. The van der Waals surface area contributed by atoms with Gasteiger partial charge in [-0.25, -0.2) is 0 Å². The number of nitrogens with one attached hydrogen (secondary N) is 1. The Kier molecular flexibility index (Phi) is 4.54. The standard InChI is InChI=1S/C16H22INO/c1-11-7-6-8-12(14(11)17)15(19)18-13-9-4-5-10-16(13,2)3/h6-8,13H,4-5,9-10H2,1-3H3,(H,18,19). The van der Waals surface area contributed by atoms with Gasteiger partial charge in [0.1, 0.15) is 0 Å². The molecule has 0 radical (unpaired) electrons. The van der Waals surface area contributed by atoms with E-state index in [0.29, 0.717) is 6.04 Å². The number of carbonyl (C=O) groups is 1. The summed E-state index contributed by atoms with van der Waals surface area (Å²) < 4.78 is 1.06. The van der Waals surface area contributed by atoms with Gasteiger partial charge in [0.05, 0.1) is 5.56 Å². The highest BCUT2D eigenvalue weighted by molar-refractivity contribution is 14.1. The molecular weight excluding hydrogens is 349 g/mol. The second-order valence-corrected chi connectivity index (χ2v) is 7.28. The minimum absolute atomic E-state index is 0.0769. The zero-order valence-corrected chi connectivity index (χ0v) is 14.1. The summed E-state index contributed by atoms with van der Waals surface area (Å²) in [5.41, 5.74) is 2.18. The van der Waals surface area contributed by atoms with E-state index in [1.807, 2.05) is 25.1 Å². The van der Waals surface area contributed by atoms with Gasteiger partial charge in [-0.15, -0.1) is 0 Å². The van der Waals surface area contributed by atoms with Crippen LogP contribution in [-0.2, 0) is 0 Å². The highest BCUT2D eigenvalue weighted by Crippen LogP contribution is 2.35. The third-order valence-corrected chi connectivity index (χ3v) is 5.68. The van der Waals surface area contributed by atoms with Crippen molar-refractivity contribution in [3.8, 4) is 0 Å². The van der Waals surface area contributed by atoms with E-state index in [1.54, 1.807) is 0 Å². The molecule has 0 bridgehead atoms. The van der Waals surface area contributed by atoms with Crippen molar-refractivity contribution in [2.75, 3.05) is 0 Å². The summed E-state index contributed by atoms with van der Waals surface area (Å²) in [5, 5.41) is 3.25. The topological polar surface area (TPSA) is 29.1 Å². The highest BCUT2D eigenvalue weighted by atomic mass is 127. The Bertz CT molecular complexity index is 482. The second kappa shape index (κ2) is 5.81. The van der Waals surface area contributed by atoms with Crippen molar-refractivity contribution in [3.63, 3.8) is 0 Å². The number of benzene rings is 1. The van der Waals surface area contributed by atoms with Crippen LogP contribution in [0.4, 0.5) is 0 Å². The molecule has 1 aromatic carbocycles. The van der Waals surface area contributed by atoms with Crippen LogP contribution in [0.5, 0.6) is 0 Å². The summed E-state index contributed by atoms with van der Waals surface area (Å²) in [6.45, 7) is 6.57. The molecule has 1 aliphatic carbocycles. The van der Waals surface area contributed by atoms with Gasteiger partial charge in [0.15, 0.2) is 0 Å². The van der Waals surface area contributed by atoms with Gasteiger partial charge in [-0.05, 0) is 59.4 Å². The number of rotatable bonds is 2. The number of hydrogen-bond acceptors (Lipinski definition) is 1. The van der Waals surface area contributed by atoms with Crippen LogP contribution in [0.25, 0.3) is 0 Å². The second-order valence-electron chi connectivity index (χ2n) is 6.20. The lowest BCUT2D eigenvalue weighted by molar-refractivity contribution is 0.0852. The Morgan fingerprint density at radius 1 is 1.37 bits per heavy atom. The maximum Gasteiger partial charge on any atom is 0.252 e. The van der Waals surface area contributed by atoms with Gasteiger partial charge in [-0.1, -0.05) is 38.8 Å². The lowest BCUT2D eigenvalue weighted by Crippen LogP contribution is -2.47. The van der Waals surface area contributed by atoms with Crippen molar-refractivity contribution in [3.05, 3.63) is 32.9 Å². The van der Waals surface area contributed by atoms with Crippen LogP contribution in [0.1, 0.15) is 55.5 Å². The summed E-state index contributed by atoms with van der Waals surface area (Å²) in [5.74, 6) is 0.0769. The Hall–Kier alpha value is -0.580. The summed E-state index contributed by atoms with van der Waals surface area (Å²) in [6.07, 6.45) is 4.80. The average Bonchev–Trinajstić information content (AvgIpc) is 2.35. The molecule has 1 atom stereocenters. The SMILES string of the molecule is Cc1cccc(C(=O)NC2CCCCC2(C)C)c1I. The van der Waals surface area contributed by atoms with E-state index in [0.717, 1.165) is 21.1 Å². The molecule has 0 saturated heterocycles. The number of carbonyl (C=O) groups excluding carboxylic acids is 1. The average molecular weight is 371 g/mol. The van der Waals surface area contributed by atoms with Crippen molar-refractivity contribution in [1.82, 2.24) is 5.32 Å². The third kappa shape index (κ3) is 3.30. The quantitative estimate of drug-likeness (QED) is 0.772. The highest BCUT2D eigenvalue weighted by Gasteiger charge is 2.33.